The summed E-state index contributed by atoms with van der Waals surface area (Å²) in [5, 5.41) is 10.3. The third-order valence-electron chi connectivity index (χ3n) is 7.02. The summed E-state index contributed by atoms with van der Waals surface area (Å²) >= 11 is 0. The van der Waals surface area contributed by atoms with Crippen LogP contribution in [0.4, 0.5) is 5.69 Å². The molecule has 0 spiro atoms. The highest BCUT2D eigenvalue weighted by Crippen LogP contribution is 2.36. The number of piperazine rings is 1. The maximum atomic E-state index is 12.7. The van der Waals surface area contributed by atoms with Crippen LogP contribution in [-0.2, 0) is 11.6 Å². The van der Waals surface area contributed by atoms with Crippen LogP contribution < -0.4 is 15.8 Å². The van der Waals surface area contributed by atoms with E-state index in [9.17, 15) is 14.6 Å². The number of anilines is 1. The van der Waals surface area contributed by atoms with E-state index in [1.54, 1.807) is 43.1 Å². The lowest BCUT2D eigenvalue weighted by Crippen LogP contribution is -2.57. The molecule has 1 unspecified atom stereocenters. The fourth-order valence-corrected chi connectivity index (χ4v) is 5.79. The van der Waals surface area contributed by atoms with Crippen molar-refractivity contribution in [1.82, 2.24) is 14.5 Å². The van der Waals surface area contributed by atoms with E-state index in [4.69, 9.17) is 0 Å². The van der Waals surface area contributed by atoms with Crippen molar-refractivity contribution < 1.29 is 4.57 Å². The molecule has 0 aliphatic carbocycles. The first kappa shape index (κ1) is 24.2. The molecule has 2 aromatic heterocycles. The number of pyridine rings is 2. The molecule has 3 aromatic rings. The van der Waals surface area contributed by atoms with E-state index >= 15 is 0 Å². The van der Waals surface area contributed by atoms with E-state index in [1.807, 2.05) is 12.1 Å². The van der Waals surface area contributed by atoms with Crippen molar-refractivity contribution in [2.75, 3.05) is 31.3 Å². The molecule has 1 aliphatic rings. The van der Waals surface area contributed by atoms with E-state index in [1.165, 1.54) is 5.56 Å². The quantitative estimate of drug-likeness (QED) is 0.533. The molecule has 1 aromatic carbocycles. The molecular weight excluding hydrogens is 445 g/mol. The summed E-state index contributed by atoms with van der Waals surface area (Å²) in [6.07, 6.45) is 0. The molecule has 0 radical (unpaired) electrons. The highest BCUT2D eigenvalue weighted by Gasteiger charge is 2.33. The van der Waals surface area contributed by atoms with Crippen molar-refractivity contribution in [2.24, 2.45) is 7.05 Å². The van der Waals surface area contributed by atoms with Crippen molar-refractivity contribution in [3.63, 3.8) is 0 Å². The Hall–Kier alpha value is -2.94. The minimum Gasteiger partial charge on any atom is -0.364 e. The fraction of sp³-hybridized carbons (Fsp3) is 0.423. The first-order valence-electron chi connectivity index (χ1n) is 11.6. The van der Waals surface area contributed by atoms with Gasteiger partial charge in [0.25, 0.3) is 5.56 Å². The number of rotatable bonds is 4. The van der Waals surface area contributed by atoms with E-state index in [-0.39, 0.29) is 23.7 Å². The van der Waals surface area contributed by atoms with E-state index in [0.717, 1.165) is 29.6 Å². The standard InChI is InChI=1S/C26H32N5O2P/c1-17-16-31(24-13-25(32)29(4)23-12-9-21(14-27)28-26(23)24)18(2)15-30(17)19(3)20-7-10-22(11-8-20)34(5,6)33/h7-13,17-19H,15-16H2,1-6H3/t17-,18+,19?/m1/s1. The zero-order chi connectivity index (χ0) is 24.8. The van der Waals surface area contributed by atoms with Crippen LogP contribution in [-0.4, -0.2) is 53.0 Å². The Morgan fingerprint density at radius 3 is 2.38 bits per heavy atom. The van der Waals surface area contributed by atoms with Gasteiger partial charge in [0.15, 0.2) is 0 Å². The lowest BCUT2D eigenvalue weighted by Gasteiger charge is -2.47. The van der Waals surface area contributed by atoms with Gasteiger partial charge in [0, 0.05) is 49.6 Å². The summed E-state index contributed by atoms with van der Waals surface area (Å²) in [4.78, 5) is 22.0. The lowest BCUT2D eigenvalue weighted by atomic mass is 10.00. The van der Waals surface area contributed by atoms with Crippen molar-refractivity contribution >= 4 is 29.2 Å². The predicted octanol–water partition coefficient (Wildman–Crippen LogP) is 3.71. The zero-order valence-electron chi connectivity index (χ0n) is 20.7. The average molecular weight is 478 g/mol. The van der Waals surface area contributed by atoms with Gasteiger partial charge in [-0.3, -0.25) is 9.69 Å². The van der Waals surface area contributed by atoms with Crippen LogP contribution in [0.25, 0.3) is 11.0 Å². The molecule has 3 heterocycles. The Morgan fingerprint density at radius 2 is 1.76 bits per heavy atom. The van der Waals surface area contributed by atoms with Gasteiger partial charge in [-0.2, -0.15) is 5.26 Å². The highest BCUT2D eigenvalue weighted by molar-refractivity contribution is 7.70. The second kappa shape index (κ2) is 9.02. The molecule has 1 aliphatic heterocycles. The van der Waals surface area contributed by atoms with Gasteiger partial charge in [-0.1, -0.05) is 24.3 Å². The minimum atomic E-state index is -2.27. The van der Waals surface area contributed by atoms with Gasteiger partial charge < -0.3 is 14.0 Å². The summed E-state index contributed by atoms with van der Waals surface area (Å²) in [7, 11) is -0.541. The van der Waals surface area contributed by atoms with Crippen LogP contribution in [0.3, 0.4) is 0 Å². The topological polar surface area (TPSA) is 82.2 Å². The van der Waals surface area contributed by atoms with Crippen LogP contribution in [0.2, 0.25) is 0 Å². The number of fused-ring (bicyclic) bond motifs is 1. The Morgan fingerprint density at radius 1 is 1.09 bits per heavy atom. The first-order valence-corrected chi connectivity index (χ1v) is 14.2. The fourth-order valence-electron chi connectivity index (χ4n) is 4.93. The number of nitriles is 1. The highest BCUT2D eigenvalue weighted by atomic mass is 31.2. The van der Waals surface area contributed by atoms with E-state index in [2.05, 4.69) is 53.8 Å². The molecule has 0 saturated carbocycles. The molecule has 8 heteroatoms. The predicted molar refractivity (Wildman–Crippen MR) is 139 cm³/mol. The van der Waals surface area contributed by atoms with Gasteiger partial charge in [-0.25, -0.2) is 4.98 Å². The van der Waals surface area contributed by atoms with E-state index < -0.39 is 7.14 Å². The third kappa shape index (κ3) is 4.41. The Balaban J connectivity index is 1.64. The molecular formula is C26H32N5O2P. The number of aromatic nitrogens is 2. The van der Waals surface area contributed by atoms with Gasteiger partial charge in [-0.15, -0.1) is 0 Å². The molecule has 34 heavy (non-hydrogen) atoms. The second-order valence-electron chi connectivity index (χ2n) is 9.77. The SMILES string of the molecule is CC(c1ccc(P(C)(C)=O)cc1)N1C[C@H](C)N(c2cc(=O)n(C)c3ccc(C#N)nc23)C[C@H]1C. The van der Waals surface area contributed by atoms with Crippen molar-refractivity contribution in [2.45, 2.75) is 38.9 Å². The van der Waals surface area contributed by atoms with Crippen molar-refractivity contribution in [3.8, 4) is 6.07 Å². The third-order valence-corrected chi connectivity index (χ3v) is 8.56. The normalized spacial score (nSPS) is 20.3. The van der Waals surface area contributed by atoms with Crippen LogP contribution in [0.1, 0.15) is 38.1 Å². The second-order valence-corrected chi connectivity index (χ2v) is 13.0. The molecule has 7 nitrogen and oxygen atoms in total. The van der Waals surface area contributed by atoms with Gasteiger partial charge >= 0.3 is 0 Å². The van der Waals surface area contributed by atoms with Crippen molar-refractivity contribution in [3.05, 3.63) is 64.1 Å². The maximum Gasteiger partial charge on any atom is 0.252 e. The summed E-state index contributed by atoms with van der Waals surface area (Å²) in [5.41, 5.74) is 3.64. The summed E-state index contributed by atoms with van der Waals surface area (Å²) in [5.74, 6) is 0. The van der Waals surface area contributed by atoms with Gasteiger partial charge in [0.1, 0.15) is 24.4 Å². The Bertz CT molecular complexity index is 1370. The van der Waals surface area contributed by atoms with E-state index in [0.29, 0.717) is 11.2 Å². The maximum absolute atomic E-state index is 12.7. The van der Waals surface area contributed by atoms with Gasteiger partial charge in [0.2, 0.25) is 0 Å². The number of benzene rings is 1. The molecule has 1 fully saturated rings. The molecule has 1 saturated heterocycles. The van der Waals surface area contributed by atoms with Gasteiger partial charge in [0.05, 0.1) is 11.2 Å². The largest absolute Gasteiger partial charge is 0.364 e. The molecule has 0 amide bonds. The average Bonchev–Trinajstić information content (AvgIpc) is 2.81. The summed E-state index contributed by atoms with van der Waals surface area (Å²) in [6.45, 7) is 11.7. The summed E-state index contributed by atoms with van der Waals surface area (Å²) < 4.78 is 14.0. The zero-order valence-corrected chi connectivity index (χ0v) is 21.6. The Labute approximate surface area is 201 Å². The smallest absolute Gasteiger partial charge is 0.252 e. The van der Waals surface area contributed by atoms with Crippen LogP contribution in [0.5, 0.6) is 0 Å². The number of aryl methyl sites for hydroxylation is 1. The summed E-state index contributed by atoms with van der Waals surface area (Å²) in [6, 6.07) is 15.9. The first-order chi connectivity index (χ1) is 16.0. The molecule has 0 N–H and O–H groups in total. The number of hydrogen-bond donors (Lipinski definition) is 0. The number of hydrogen-bond acceptors (Lipinski definition) is 6. The van der Waals surface area contributed by atoms with Crippen LogP contribution in [0, 0.1) is 11.3 Å². The molecule has 0 bridgehead atoms. The number of nitrogens with zero attached hydrogens (tertiary/aromatic N) is 5. The molecule has 4 rings (SSSR count). The Kier molecular flexibility index (Phi) is 6.42. The lowest BCUT2D eigenvalue weighted by molar-refractivity contribution is 0.119. The van der Waals surface area contributed by atoms with Crippen LogP contribution in [0.15, 0.2) is 47.3 Å². The minimum absolute atomic E-state index is 0.0890. The van der Waals surface area contributed by atoms with Gasteiger partial charge in [-0.05, 0) is 51.8 Å². The van der Waals surface area contributed by atoms with Crippen LogP contribution >= 0.6 is 7.14 Å². The monoisotopic (exact) mass is 477 g/mol. The van der Waals surface area contributed by atoms with Crippen molar-refractivity contribution in [1.29, 1.82) is 5.26 Å². The molecule has 3 atom stereocenters. The molecule has 178 valence electrons.